The van der Waals surface area contributed by atoms with Gasteiger partial charge in [0, 0.05) is 13.0 Å². The van der Waals surface area contributed by atoms with Gasteiger partial charge in [0.25, 0.3) is 0 Å². The van der Waals surface area contributed by atoms with Crippen LogP contribution in [0.3, 0.4) is 0 Å². The summed E-state index contributed by atoms with van der Waals surface area (Å²) in [6.45, 7) is 0.231. The minimum atomic E-state index is 0.198. The molecule has 2 aliphatic rings. The highest BCUT2D eigenvalue weighted by atomic mass is 16.2. The Morgan fingerprint density at radius 2 is 2.00 bits per heavy atom. The van der Waals surface area contributed by atoms with Gasteiger partial charge in [0.15, 0.2) is 0 Å². The molecule has 0 N–H and O–H groups in total. The Balaban J connectivity index is 1.91. The molecule has 3 heteroatoms. The second kappa shape index (κ2) is 3.61. The topological polar surface area (TPSA) is 44.1 Å². The van der Waals surface area contributed by atoms with Gasteiger partial charge in [0.1, 0.15) is 6.54 Å². The molecule has 0 radical (unpaired) electrons. The van der Waals surface area contributed by atoms with E-state index in [9.17, 15) is 4.79 Å². The molecule has 0 aromatic carbocycles. The summed E-state index contributed by atoms with van der Waals surface area (Å²) in [6, 6.07) is 2.02. The predicted molar refractivity (Wildman–Crippen MR) is 52.2 cm³/mol. The lowest BCUT2D eigenvalue weighted by atomic mass is 10.0. The summed E-state index contributed by atoms with van der Waals surface area (Å²) in [4.78, 5) is 13.4. The van der Waals surface area contributed by atoms with E-state index in [1.807, 2.05) is 6.07 Å². The highest BCUT2D eigenvalue weighted by Crippen LogP contribution is 2.55. The standard InChI is InChI=1S/C11H16N2O/c1-13(7-6-12)11(14)10-8-4-2-3-5-9(8)10/h8-10H,2-5,7H2,1H3. The second-order valence-corrected chi connectivity index (χ2v) is 4.49. The molecule has 0 bridgehead atoms. The molecule has 2 aliphatic carbocycles. The van der Waals surface area contributed by atoms with Gasteiger partial charge < -0.3 is 4.90 Å². The Morgan fingerprint density at radius 3 is 2.50 bits per heavy atom. The second-order valence-electron chi connectivity index (χ2n) is 4.49. The molecule has 2 rings (SSSR count). The maximum atomic E-state index is 11.8. The van der Waals surface area contributed by atoms with Crippen molar-refractivity contribution in [2.24, 2.45) is 17.8 Å². The number of fused-ring (bicyclic) bond motifs is 1. The predicted octanol–water partition coefficient (Wildman–Crippen LogP) is 1.40. The molecule has 2 fully saturated rings. The van der Waals surface area contributed by atoms with E-state index >= 15 is 0 Å². The monoisotopic (exact) mass is 192 g/mol. The number of hydrogen-bond donors (Lipinski definition) is 0. The maximum absolute atomic E-state index is 11.8. The van der Waals surface area contributed by atoms with Crippen LogP contribution in [0.15, 0.2) is 0 Å². The molecule has 0 spiro atoms. The lowest BCUT2D eigenvalue weighted by molar-refractivity contribution is -0.131. The van der Waals surface area contributed by atoms with E-state index in [1.54, 1.807) is 11.9 Å². The molecule has 0 saturated heterocycles. The summed E-state index contributed by atoms with van der Waals surface area (Å²) < 4.78 is 0. The number of carbonyl (C=O) groups excluding carboxylic acids is 1. The van der Waals surface area contributed by atoms with Crippen LogP contribution in [0.2, 0.25) is 0 Å². The summed E-state index contributed by atoms with van der Waals surface area (Å²) in [7, 11) is 1.73. The number of amides is 1. The fourth-order valence-corrected chi connectivity index (χ4v) is 2.80. The van der Waals surface area contributed by atoms with Crippen LogP contribution >= 0.6 is 0 Å². The van der Waals surface area contributed by atoms with Crippen molar-refractivity contribution in [2.75, 3.05) is 13.6 Å². The molecular formula is C11H16N2O. The third-order valence-electron chi connectivity index (χ3n) is 3.63. The van der Waals surface area contributed by atoms with Crippen LogP contribution < -0.4 is 0 Å². The molecule has 3 nitrogen and oxygen atoms in total. The minimum Gasteiger partial charge on any atom is -0.332 e. The SMILES string of the molecule is CN(CC#N)C(=O)C1C2CCCCC21. The number of hydrogen-bond acceptors (Lipinski definition) is 2. The summed E-state index contributed by atoms with van der Waals surface area (Å²) in [5, 5.41) is 8.50. The van der Waals surface area contributed by atoms with Crippen LogP contribution in [0.4, 0.5) is 0 Å². The van der Waals surface area contributed by atoms with Crippen LogP contribution in [0.5, 0.6) is 0 Å². The van der Waals surface area contributed by atoms with Gasteiger partial charge in [-0.05, 0) is 24.7 Å². The van der Waals surface area contributed by atoms with Gasteiger partial charge in [-0.2, -0.15) is 5.26 Å². The quantitative estimate of drug-likeness (QED) is 0.621. The third-order valence-corrected chi connectivity index (χ3v) is 3.63. The zero-order valence-electron chi connectivity index (χ0n) is 8.57. The first-order chi connectivity index (χ1) is 6.75. The fourth-order valence-electron chi connectivity index (χ4n) is 2.80. The Hall–Kier alpha value is -1.04. The van der Waals surface area contributed by atoms with Crippen molar-refractivity contribution >= 4 is 5.91 Å². The Labute approximate surface area is 84.7 Å². The maximum Gasteiger partial charge on any atom is 0.226 e. The van der Waals surface area contributed by atoms with Crippen molar-refractivity contribution in [3.05, 3.63) is 0 Å². The average Bonchev–Trinajstić information content (AvgIpc) is 2.91. The summed E-state index contributed by atoms with van der Waals surface area (Å²) in [5.74, 6) is 1.76. The normalized spacial score (nSPS) is 34.1. The van der Waals surface area contributed by atoms with Gasteiger partial charge in [-0.1, -0.05) is 12.8 Å². The van der Waals surface area contributed by atoms with Crippen LogP contribution in [0, 0.1) is 29.1 Å². The van der Waals surface area contributed by atoms with Crippen molar-refractivity contribution in [3.63, 3.8) is 0 Å². The Bertz CT molecular complexity index is 270. The van der Waals surface area contributed by atoms with E-state index in [0.29, 0.717) is 11.8 Å². The first kappa shape index (κ1) is 9.51. The number of carbonyl (C=O) groups is 1. The minimum absolute atomic E-state index is 0.198. The lowest BCUT2D eigenvalue weighted by Gasteiger charge is -2.12. The molecule has 0 aromatic heterocycles. The van der Waals surface area contributed by atoms with Gasteiger partial charge in [0.05, 0.1) is 6.07 Å². The number of nitrogens with zero attached hydrogens (tertiary/aromatic N) is 2. The lowest BCUT2D eigenvalue weighted by Crippen LogP contribution is -2.29. The van der Waals surface area contributed by atoms with Gasteiger partial charge >= 0.3 is 0 Å². The van der Waals surface area contributed by atoms with Crippen LogP contribution in [0.25, 0.3) is 0 Å². The molecule has 0 heterocycles. The number of nitriles is 1. The van der Waals surface area contributed by atoms with Crippen molar-refractivity contribution in [2.45, 2.75) is 25.7 Å². The van der Waals surface area contributed by atoms with E-state index in [2.05, 4.69) is 0 Å². The van der Waals surface area contributed by atoms with Gasteiger partial charge in [-0.25, -0.2) is 0 Å². The summed E-state index contributed by atoms with van der Waals surface area (Å²) >= 11 is 0. The zero-order chi connectivity index (χ0) is 10.1. The third kappa shape index (κ3) is 1.50. The van der Waals surface area contributed by atoms with E-state index < -0.39 is 0 Å². The molecule has 0 aromatic rings. The smallest absolute Gasteiger partial charge is 0.226 e. The highest BCUT2D eigenvalue weighted by molar-refractivity contribution is 5.82. The zero-order valence-corrected chi connectivity index (χ0v) is 8.57. The highest BCUT2D eigenvalue weighted by Gasteiger charge is 2.55. The number of rotatable bonds is 2. The molecular weight excluding hydrogens is 176 g/mol. The largest absolute Gasteiger partial charge is 0.332 e. The van der Waals surface area contributed by atoms with E-state index in [-0.39, 0.29) is 18.4 Å². The van der Waals surface area contributed by atoms with Crippen molar-refractivity contribution in [1.29, 1.82) is 5.26 Å². The van der Waals surface area contributed by atoms with Crippen molar-refractivity contribution < 1.29 is 4.79 Å². The molecule has 1 amide bonds. The van der Waals surface area contributed by atoms with E-state index in [0.717, 1.165) is 0 Å². The first-order valence-electron chi connectivity index (χ1n) is 5.37. The van der Waals surface area contributed by atoms with E-state index in [1.165, 1.54) is 25.7 Å². The fraction of sp³-hybridized carbons (Fsp3) is 0.818. The van der Waals surface area contributed by atoms with Crippen molar-refractivity contribution in [3.8, 4) is 6.07 Å². The molecule has 2 unspecified atom stereocenters. The molecule has 76 valence electrons. The first-order valence-corrected chi connectivity index (χ1v) is 5.37. The molecule has 2 atom stereocenters. The molecule has 14 heavy (non-hydrogen) atoms. The Morgan fingerprint density at radius 1 is 1.43 bits per heavy atom. The summed E-state index contributed by atoms with van der Waals surface area (Å²) in [6.07, 6.45) is 5.02. The summed E-state index contributed by atoms with van der Waals surface area (Å²) in [5.41, 5.74) is 0. The van der Waals surface area contributed by atoms with Gasteiger partial charge in [0.2, 0.25) is 5.91 Å². The van der Waals surface area contributed by atoms with Crippen LogP contribution in [-0.2, 0) is 4.79 Å². The van der Waals surface area contributed by atoms with Crippen LogP contribution in [-0.4, -0.2) is 24.4 Å². The van der Waals surface area contributed by atoms with Crippen molar-refractivity contribution in [1.82, 2.24) is 4.90 Å². The molecule has 2 saturated carbocycles. The van der Waals surface area contributed by atoms with Crippen LogP contribution in [0.1, 0.15) is 25.7 Å². The van der Waals surface area contributed by atoms with Gasteiger partial charge in [-0.15, -0.1) is 0 Å². The van der Waals surface area contributed by atoms with Gasteiger partial charge in [-0.3, -0.25) is 4.79 Å². The van der Waals surface area contributed by atoms with E-state index in [4.69, 9.17) is 5.26 Å². The average molecular weight is 192 g/mol. The Kier molecular flexibility index (Phi) is 2.45. The molecule has 0 aliphatic heterocycles.